The average molecular weight is 489 g/mol. The summed E-state index contributed by atoms with van der Waals surface area (Å²) in [5.74, 6) is 1.61. The van der Waals surface area contributed by atoms with Crippen molar-refractivity contribution in [3.05, 3.63) is 78.5 Å². The van der Waals surface area contributed by atoms with E-state index in [9.17, 15) is 0 Å². The largest absolute Gasteiger partial charge is 0.378 e. The van der Waals surface area contributed by atoms with Crippen LogP contribution in [0.3, 0.4) is 0 Å². The number of morpholine rings is 1. The van der Waals surface area contributed by atoms with E-state index in [2.05, 4.69) is 15.5 Å². The molecule has 1 fully saturated rings. The first-order valence-corrected chi connectivity index (χ1v) is 12.1. The number of thiocarbonyl (C=S) groups is 1. The van der Waals surface area contributed by atoms with Gasteiger partial charge in [-0.2, -0.15) is 0 Å². The lowest BCUT2D eigenvalue weighted by atomic mass is 10.2. The number of ether oxygens (including phenoxy) is 2. The number of nitrogens with one attached hydrogen (secondary N) is 2. The maximum Gasteiger partial charge on any atom is 0.182 e. The first kappa shape index (κ1) is 23.2. The first-order chi connectivity index (χ1) is 17.3. The van der Waals surface area contributed by atoms with Crippen LogP contribution in [0.4, 0.5) is 11.5 Å². The molecule has 0 bridgehead atoms. The molecular formula is C26H28N6O2S. The van der Waals surface area contributed by atoms with Gasteiger partial charge in [0.2, 0.25) is 0 Å². The molecule has 5 rings (SSSR count). The van der Waals surface area contributed by atoms with Crippen molar-refractivity contribution in [2.45, 2.75) is 6.61 Å². The van der Waals surface area contributed by atoms with Crippen molar-refractivity contribution in [2.24, 2.45) is 0 Å². The molecule has 1 aliphatic heterocycles. The number of hydrogen-bond acceptors (Lipinski definition) is 6. The van der Waals surface area contributed by atoms with Crippen LogP contribution in [-0.4, -0.2) is 59.2 Å². The zero-order valence-corrected chi connectivity index (χ0v) is 20.2. The fourth-order valence-electron chi connectivity index (χ4n) is 3.93. The predicted molar refractivity (Wildman–Crippen MR) is 142 cm³/mol. The van der Waals surface area contributed by atoms with Crippen LogP contribution >= 0.6 is 12.2 Å². The molecule has 0 spiro atoms. The van der Waals surface area contributed by atoms with Gasteiger partial charge in [-0.05, 0) is 54.2 Å². The highest BCUT2D eigenvalue weighted by atomic mass is 32.1. The van der Waals surface area contributed by atoms with Gasteiger partial charge in [-0.25, -0.2) is 9.50 Å². The van der Waals surface area contributed by atoms with E-state index in [1.807, 2.05) is 77.4 Å². The summed E-state index contributed by atoms with van der Waals surface area (Å²) in [5.41, 5.74) is 3.99. The molecule has 3 heterocycles. The third-order valence-corrected chi connectivity index (χ3v) is 5.97. The van der Waals surface area contributed by atoms with Gasteiger partial charge in [0.1, 0.15) is 5.52 Å². The Balaban J connectivity index is 1.17. The van der Waals surface area contributed by atoms with Gasteiger partial charge in [-0.15, -0.1) is 5.10 Å². The molecule has 180 valence electrons. The van der Waals surface area contributed by atoms with E-state index in [1.165, 1.54) is 0 Å². The van der Waals surface area contributed by atoms with Gasteiger partial charge in [0.15, 0.2) is 16.8 Å². The molecular weight excluding hydrogens is 460 g/mol. The molecule has 8 nitrogen and oxygen atoms in total. The van der Waals surface area contributed by atoms with E-state index in [1.54, 1.807) is 0 Å². The minimum Gasteiger partial charge on any atom is -0.378 e. The molecule has 1 saturated heterocycles. The lowest BCUT2D eigenvalue weighted by Gasteiger charge is -2.28. The summed E-state index contributed by atoms with van der Waals surface area (Å²) in [6.07, 6.45) is 1.95. The van der Waals surface area contributed by atoms with Gasteiger partial charge in [0.05, 0.1) is 26.4 Å². The number of anilines is 2. The summed E-state index contributed by atoms with van der Waals surface area (Å²) in [6, 6.07) is 22.1. The topological polar surface area (TPSA) is 76.0 Å². The molecule has 35 heavy (non-hydrogen) atoms. The Hall–Kier alpha value is -3.53. The number of rotatable bonds is 8. The number of fused-ring (bicyclic) bond motifs is 1. The lowest BCUT2D eigenvalue weighted by molar-refractivity contribution is 0.122. The molecule has 0 saturated carbocycles. The predicted octanol–water partition coefficient (Wildman–Crippen LogP) is 3.74. The molecule has 0 unspecified atom stereocenters. The van der Waals surface area contributed by atoms with Gasteiger partial charge in [0.25, 0.3) is 0 Å². The normalized spacial score (nSPS) is 13.7. The Morgan fingerprint density at radius 2 is 1.80 bits per heavy atom. The third kappa shape index (κ3) is 5.94. The Labute approximate surface area is 209 Å². The van der Waals surface area contributed by atoms with Crippen LogP contribution in [-0.2, 0) is 16.1 Å². The zero-order chi connectivity index (χ0) is 23.9. The van der Waals surface area contributed by atoms with E-state index >= 15 is 0 Å². The fourth-order valence-corrected chi connectivity index (χ4v) is 4.15. The van der Waals surface area contributed by atoms with Crippen LogP contribution in [0, 0.1) is 0 Å². The summed E-state index contributed by atoms with van der Waals surface area (Å²) >= 11 is 5.42. The van der Waals surface area contributed by atoms with E-state index in [0.29, 0.717) is 43.9 Å². The molecule has 2 aromatic heterocycles. The van der Waals surface area contributed by atoms with Crippen LogP contribution < -0.4 is 15.5 Å². The molecule has 0 radical (unpaired) electrons. The Bertz CT molecular complexity index is 1260. The summed E-state index contributed by atoms with van der Waals surface area (Å²) in [6.45, 7) is 4.85. The second-order valence-corrected chi connectivity index (χ2v) is 8.60. The van der Waals surface area contributed by atoms with Crippen LogP contribution in [0.1, 0.15) is 5.56 Å². The molecule has 9 heteroatoms. The Kier molecular flexibility index (Phi) is 7.47. The molecule has 4 aromatic rings. The van der Waals surface area contributed by atoms with E-state index < -0.39 is 0 Å². The zero-order valence-electron chi connectivity index (χ0n) is 19.4. The van der Waals surface area contributed by atoms with E-state index in [4.69, 9.17) is 31.8 Å². The maximum atomic E-state index is 5.69. The van der Waals surface area contributed by atoms with Crippen LogP contribution in [0.25, 0.3) is 16.9 Å². The van der Waals surface area contributed by atoms with Crippen molar-refractivity contribution in [3.8, 4) is 11.4 Å². The van der Waals surface area contributed by atoms with Crippen LogP contribution in [0.5, 0.6) is 0 Å². The summed E-state index contributed by atoms with van der Waals surface area (Å²) in [4.78, 5) is 7.16. The quantitative estimate of drug-likeness (QED) is 0.287. The van der Waals surface area contributed by atoms with Crippen molar-refractivity contribution < 1.29 is 9.47 Å². The third-order valence-electron chi connectivity index (χ3n) is 5.73. The van der Waals surface area contributed by atoms with Crippen LogP contribution in [0.15, 0.2) is 72.9 Å². The number of benzene rings is 2. The number of nitrogens with zero attached hydrogens (tertiary/aromatic N) is 4. The first-order valence-electron chi connectivity index (χ1n) is 11.7. The van der Waals surface area contributed by atoms with Gasteiger partial charge < -0.3 is 25.0 Å². The van der Waals surface area contributed by atoms with Gasteiger partial charge in [-0.1, -0.05) is 30.3 Å². The number of aromatic nitrogens is 3. The maximum absolute atomic E-state index is 5.69. The second-order valence-electron chi connectivity index (χ2n) is 8.19. The van der Waals surface area contributed by atoms with Crippen LogP contribution in [0.2, 0.25) is 0 Å². The molecule has 2 N–H and O–H groups in total. The lowest BCUT2D eigenvalue weighted by Crippen LogP contribution is -2.37. The average Bonchev–Trinajstić information content (AvgIpc) is 3.38. The molecule has 0 atom stereocenters. The molecule has 0 amide bonds. The highest BCUT2D eigenvalue weighted by Crippen LogP contribution is 2.25. The fraction of sp³-hybridized carbons (Fsp3) is 0.269. The molecule has 1 aliphatic rings. The van der Waals surface area contributed by atoms with Crippen molar-refractivity contribution in [1.82, 2.24) is 19.9 Å². The highest BCUT2D eigenvalue weighted by Gasteiger charge is 2.18. The number of hydrogen-bond donors (Lipinski definition) is 2. The van der Waals surface area contributed by atoms with Gasteiger partial charge >= 0.3 is 0 Å². The Morgan fingerprint density at radius 1 is 1.00 bits per heavy atom. The van der Waals surface area contributed by atoms with Crippen molar-refractivity contribution in [1.29, 1.82) is 0 Å². The van der Waals surface area contributed by atoms with E-state index in [0.717, 1.165) is 41.2 Å². The molecule has 2 aromatic carbocycles. The van der Waals surface area contributed by atoms with Gasteiger partial charge in [-0.3, -0.25) is 0 Å². The standard InChI is InChI=1S/C26H28N6O2S/c35-26(27-12-16-34-19-20-5-2-1-3-6-20)28-22-10-8-21(9-11-22)24-29-25(31-14-17-33-18-15-31)23-7-4-13-32(23)30-24/h1-11,13H,12,14-19H2,(H2,27,28,35). The van der Waals surface area contributed by atoms with Gasteiger partial charge in [0, 0.05) is 37.1 Å². The molecule has 0 aliphatic carbocycles. The van der Waals surface area contributed by atoms with Crippen molar-refractivity contribution >= 4 is 34.4 Å². The minimum absolute atomic E-state index is 0.556. The highest BCUT2D eigenvalue weighted by molar-refractivity contribution is 7.80. The summed E-state index contributed by atoms with van der Waals surface area (Å²) in [7, 11) is 0. The second kappa shape index (κ2) is 11.3. The summed E-state index contributed by atoms with van der Waals surface area (Å²) < 4.78 is 13.1. The van der Waals surface area contributed by atoms with Crippen molar-refractivity contribution in [2.75, 3.05) is 49.7 Å². The van der Waals surface area contributed by atoms with E-state index in [-0.39, 0.29) is 0 Å². The van der Waals surface area contributed by atoms with Crippen molar-refractivity contribution in [3.63, 3.8) is 0 Å². The minimum atomic E-state index is 0.556. The smallest absolute Gasteiger partial charge is 0.182 e. The summed E-state index contributed by atoms with van der Waals surface area (Å²) in [5, 5.41) is 11.7. The Morgan fingerprint density at radius 3 is 2.60 bits per heavy atom. The monoisotopic (exact) mass is 488 g/mol. The SMILES string of the molecule is S=C(NCCOCc1ccccc1)Nc1ccc(-c2nc(N3CCOCC3)c3cccn3n2)cc1.